The molecule has 3 rings (SSSR count). The number of ether oxygens (including phenoxy) is 1. The first-order chi connectivity index (χ1) is 11.2. The summed E-state index contributed by atoms with van der Waals surface area (Å²) in [5, 5.41) is 10.8. The van der Waals surface area contributed by atoms with E-state index in [1.165, 1.54) is 7.11 Å². The summed E-state index contributed by atoms with van der Waals surface area (Å²) < 4.78 is 4.90. The Labute approximate surface area is 137 Å². The van der Waals surface area contributed by atoms with Crippen LogP contribution in [0.2, 0.25) is 0 Å². The summed E-state index contributed by atoms with van der Waals surface area (Å²) in [4.78, 5) is 27.7. The number of esters is 1. The first-order valence-corrected chi connectivity index (χ1v) is 7.99. The number of thiophene rings is 1. The zero-order chi connectivity index (χ0) is 16.4. The van der Waals surface area contributed by atoms with Gasteiger partial charge in [0.2, 0.25) is 0 Å². The predicted octanol–water partition coefficient (Wildman–Crippen LogP) is 2.53. The topological polar surface area (TPSA) is 70.4 Å². The molecule has 0 N–H and O–H groups in total. The maximum Gasteiger partial charge on any atom is 0.333 e. The van der Waals surface area contributed by atoms with Gasteiger partial charge in [-0.2, -0.15) is 5.26 Å². The molecule has 0 radical (unpaired) electrons. The lowest BCUT2D eigenvalue weighted by molar-refractivity contribution is -0.146. The van der Waals surface area contributed by atoms with Crippen LogP contribution in [0.3, 0.4) is 0 Å². The van der Waals surface area contributed by atoms with Gasteiger partial charge in [0, 0.05) is 17.0 Å². The summed E-state index contributed by atoms with van der Waals surface area (Å²) in [6, 6.07) is 9.60. The van der Waals surface area contributed by atoms with Crippen molar-refractivity contribution in [1.29, 1.82) is 5.26 Å². The first-order valence-electron chi connectivity index (χ1n) is 7.11. The smallest absolute Gasteiger partial charge is 0.333 e. The number of rotatable bonds is 2. The van der Waals surface area contributed by atoms with Crippen LogP contribution in [0, 0.1) is 11.3 Å². The van der Waals surface area contributed by atoms with Gasteiger partial charge in [0.1, 0.15) is 0 Å². The van der Waals surface area contributed by atoms with Crippen molar-refractivity contribution >= 4 is 23.2 Å². The lowest BCUT2D eigenvalue weighted by Gasteiger charge is -2.34. The summed E-state index contributed by atoms with van der Waals surface area (Å²) in [6.07, 6.45) is 0.725. The van der Waals surface area contributed by atoms with Crippen LogP contribution in [0.25, 0.3) is 0 Å². The monoisotopic (exact) mass is 326 g/mol. The highest BCUT2D eigenvalue weighted by Gasteiger charge is 2.37. The molecule has 0 fully saturated rings. The van der Waals surface area contributed by atoms with E-state index in [1.807, 2.05) is 17.5 Å². The van der Waals surface area contributed by atoms with E-state index in [4.69, 9.17) is 10.00 Å². The van der Waals surface area contributed by atoms with Gasteiger partial charge in [-0.05, 0) is 47.7 Å². The van der Waals surface area contributed by atoms with E-state index < -0.39 is 12.0 Å². The third-order valence-electron chi connectivity index (χ3n) is 3.91. The number of carbonyl (C=O) groups is 2. The minimum Gasteiger partial charge on any atom is -0.467 e. The molecule has 1 unspecified atom stereocenters. The molecule has 1 aromatic heterocycles. The lowest BCUT2D eigenvalue weighted by atomic mass is 9.98. The van der Waals surface area contributed by atoms with Crippen molar-refractivity contribution in [3.05, 3.63) is 57.3 Å². The van der Waals surface area contributed by atoms with Crippen LogP contribution in [-0.2, 0) is 16.0 Å². The summed E-state index contributed by atoms with van der Waals surface area (Å²) in [7, 11) is 1.33. The molecule has 2 aromatic rings. The molecule has 0 bridgehead atoms. The van der Waals surface area contributed by atoms with Crippen molar-refractivity contribution in [2.75, 3.05) is 13.7 Å². The Kier molecular flexibility index (Phi) is 4.13. The SMILES string of the molecule is COC(=O)C1c2ccsc2CCN1C(=O)c1ccc(C#N)cc1. The van der Waals surface area contributed by atoms with Crippen molar-refractivity contribution in [3.8, 4) is 6.07 Å². The standard InChI is InChI=1S/C17H14N2O3S/c1-22-17(21)15-13-7-9-23-14(13)6-8-19(15)16(20)12-4-2-11(10-18)3-5-12/h2-5,7,9,15H,6,8H2,1H3. The Hall–Kier alpha value is -2.65. The Morgan fingerprint density at radius 2 is 2.04 bits per heavy atom. The van der Waals surface area contributed by atoms with E-state index in [0.717, 1.165) is 16.9 Å². The minimum atomic E-state index is -0.710. The molecule has 1 atom stereocenters. The van der Waals surface area contributed by atoms with Gasteiger partial charge in [0.05, 0.1) is 18.7 Å². The molecule has 0 saturated carbocycles. The van der Waals surface area contributed by atoms with Crippen molar-refractivity contribution in [1.82, 2.24) is 4.90 Å². The van der Waals surface area contributed by atoms with Crippen molar-refractivity contribution in [2.45, 2.75) is 12.5 Å². The van der Waals surface area contributed by atoms with Crippen LogP contribution < -0.4 is 0 Å². The van der Waals surface area contributed by atoms with Crippen LogP contribution >= 0.6 is 11.3 Å². The molecule has 1 aliphatic rings. The molecule has 2 heterocycles. The molecule has 1 aliphatic heterocycles. The number of methoxy groups -OCH3 is 1. The molecule has 5 nitrogen and oxygen atoms in total. The van der Waals surface area contributed by atoms with Crippen molar-refractivity contribution < 1.29 is 14.3 Å². The van der Waals surface area contributed by atoms with Gasteiger partial charge < -0.3 is 9.64 Å². The van der Waals surface area contributed by atoms with Gasteiger partial charge in [0.15, 0.2) is 6.04 Å². The van der Waals surface area contributed by atoms with E-state index in [2.05, 4.69) is 0 Å². The van der Waals surface area contributed by atoms with E-state index in [-0.39, 0.29) is 5.91 Å². The number of nitrogens with zero attached hydrogens (tertiary/aromatic N) is 2. The summed E-state index contributed by atoms with van der Waals surface area (Å²) in [6.45, 7) is 0.464. The second-order valence-electron chi connectivity index (χ2n) is 5.16. The average molecular weight is 326 g/mol. The van der Waals surface area contributed by atoms with Crippen LogP contribution in [0.5, 0.6) is 0 Å². The maximum atomic E-state index is 12.8. The van der Waals surface area contributed by atoms with E-state index in [1.54, 1.807) is 40.5 Å². The van der Waals surface area contributed by atoms with Gasteiger partial charge in [-0.15, -0.1) is 11.3 Å². The van der Waals surface area contributed by atoms with E-state index in [0.29, 0.717) is 17.7 Å². The van der Waals surface area contributed by atoms with Crippen LogP contribution in [0.4, 0.5) is 0 Å². The van der Waals surface area contributed by atoms with Crippen LogP contribution in [0.1, 0.15) is 32.4 Å². The number of hydrogen-bond acceptors (Lipinski definition) is 5. The fraction of sp³-hybridized carbons (Fsp3) is 0.235. The maximum absolute atomic E-state index is 12.8. The Morgan fingerprint density at radius 1 is 1.30 bits per heavy atom. The number of amides is 1. The molecule has 23 heavy (non-hydrogen) atoms. The Bertz CT molecular complexity index is 789. The van der Waals surface area contributed by atoms with Crippen LogP contribution in [-0.4, -0.2) is 30.4 Å². The summed E-state index contributed by atoms with van der Waals surface area (Å²) >= 11 is 1.59. The largest absolute Gasteiger partial charge is 0.467 e. The highest BCUT2D eigenvalue weighted by atomic mass is 32.1. The second kappa shape index (κ2) is 6.23. The molecule has 1 aromatic carbocycles. The normalized spacial score (nSPS) is 16.3. The number of fused-ring (bicyclic) bond motifs is 1. The van der Waals surface area contributed by atoms with Gasteiger partial charge in [-0.3, -0.25) is 4.79 Å². The lowest BCUT2D eigenvalue weighted by Crippen LogP contribution is -2.43. The van der Waals surface area contributed by atoms with E-state index >= 15 is 0 Å². The Balaban J connectivity index is 1.95. The molecule has 6 heteroatoms. The van der Waals surface area contributed by atoms with Gasteiger partial charge in [-0.1, -0.05) is 0 Å². The molecule has 0 saturated heterocycles. The van der Waals surface area contributed by atoms with Crippen molar-refractivity contribution in [3.63, 3.8) is 0 Å². The number of carbonyl (C=O) groups excluding carboxylic acids is 2. The highest BCUT2D eigenvalue weighted by molar-refractivity contribution is 7.10. The minimum absolute atomic E-state index is 0.235. The molecule has 1 amide bonds. The Morgan fingerprint density at radius 3 is 2.70 bits per heavy atom. The highest BCUT2D eigenvalue weighted by Crippen LogP contribution is 2.34. The quantitative estimate of drug-likeness (QED) is 0.795. The van der Waals surface area contributed by atoms with Gasteiger partial charge >= 0.3 is 5.97 Å². The third kappa shape index (κ3) is 2.71. The first kappa shape index (κ1) is 15.3. The van der Waals surface area contributed by atoms with Gasteiger partial charge in [-0.25, -0.2) is 4.79 Å². The van der Waals surface area contributed by atoms with Gasteiger partial charge in [0.25, 0.3) is 5.91 Å². The molecule has 0 aliphatic carbocycles. The zero-order valence-corrected chi connectivity index (χ0v) is 13.3. The number of nitriles is 1. The molecule has 116 valence electrons. The average Bonchev–Trinajstić information content (AvgIpc) is 3.08. The fourth-order valence-electron chi connectivity index (χ4n) is 2.75. The van der Waals surface area contributed by atoms with Crippen LogP contribution in [0.15, 0.2) is 35.7 Å². The zero-order valence-electron chi connectivity index (χ0n) is 12.5. The second-order valence-corrected chi connectivity index (χ2v) is 6.16. The number of hydrogen-bond donors (Lipinski definition) is 0. The van der Waals surface area contributed by atoms with E-state index in [9.17, 15) is 9.59 Å². The third-order valence-corrected chi connectivity index (χ3v) is 4.91. The fourth-order valence-corrected chi connectivity index (χ4v) is 3.66. The molecule has 0 spiro atoms. The molecular formula is C17H14N2O3S. The predicted molar refractivity (Wildman–Crippen MR) is 85.0 cm³/mol. The number of benzene rings is 1. The summed E-state index contributed by atoms with van der Waals surface area (Å²) in [5.74, 6) is -0.673. The summed E-state index contributed by atoms with van der Waals surface area (Å²) in [5.41, 5.74) is 1.79. The molecular weight excluding hydrogens is 312 g/mol. The van der Waals surface area contributed by atoms with Crippen molar-refractivity contribution in [2.24, 2.45) is 0 Å².